The maximum atomic E-state index is 11.0. The molecular weight excluding hydrogens is 248 g/mol. The number of nitrogens with zero attached hydrogens (tertiary/aromatic N) is 1. The molecule has 1 aromatic heterocycles. The van der Waals surface area contributed by atoms with Crippen LogP contribution >= 0.6 is 11.8 Å². The number of anilines is 1. The van der Waals surface area contributed by atoms with Crippen molar-refractivity contribution in [1.29, 1.82) is 0 Å². The molecule has 0 bridgehead atoms. The van der Waals surface area contributed by atoms with Crippen LogP contribution in [0.1, 0.15) is 15.9 Å². The van der Waals surface area contributed by atoms with E-state index < -0.39 is 5.97 Å². The van der Waals surface area contributed by atoms with Gasteiger partial charge < -0.3 is 10.8 Å². The largest absolute Gasteiger partial charge is 0.478 e. The van der Waals surface area contributed by atoms with Gasteiger partial charge in [0.05, 0.1) is 11.3 Å². The van der Waals surface area contributed by atoms with Crippen LogP contribution in [-0.4, -0.2) is 16.1 Å². The number of nitrogens with two attached hydrogens (primary N) is 1. The minimum absolute atomic E-state index is 0.0830. The Kier molecular flexibility index (Phi) is 3.53. The lowest BCUT2D eigenvalue weighted by Crippen LogP contribution is -2.04. The van der Waals surface area contributed by atoms with Gasteiger partial charge in [-0.1, -0.05) is 29.5 Å². The SMILES string of the molecule is Cc1ccc(Sc2nccc(C(=O)O)c2N)cc1. The summed E-state index contributed by atoms with van der Waals surface area (Å²) in [4.78, 5) is 16.0. The summed E-state index contributed by atoms with van der Waals surface area (Å²) < 4.78 is 0. The molecule has 0 fully saturated rings. The highest BCUT2D eigenvalue weighted by molar-refractivity contribution is 7.99. The smallest absolute Gasteiger partial charge is 0.337 e. The summed E-state index contributed by atoms with van der Waals surface area (Å²) in [7, 11) is 0. The van der Waals surface area contributed by atoms with Gasteiger partial charge in [-0.15, -0.1) is 0 Å². The van der Waals surface area contributed by atoms with Gasteiger partial charge in [0.1, 0.15) is 5.03 Å². The van der Waals surface area contributed by atoms with Gasteiger partial charge in [0, 0.05) is 11.1 Å². The molecule has 0 amide bonds. The molecule has 0 saturated heterocycles. The second kappa shape index (κ2) is 5.10. The van der Waals surface area contributed by atoms with E-state index in [0.29, 0.717) is 5.03 Å². The highest BCUT2D eigenvalue weighted by Crippen LogP contribution is 2.31. The van der Waals surface area contributed by atoms with E-state index in [1.54, 1.807) is 0 Å². The Bertz CT molecular complexity index is 582. The van der Waals surface area contributed by atoms with Crippen LogP contribution in [0.15, 0.2) is 46.5 Å². The van der Waals surface area contributed by atoms with Crippen molar-refractivity contribution < 1.29 is 9.90 Å². The van der Waals surface area contributed by atoms with Gasteiger partial charge in [-0.3, -0.25) is 0 Å². The number of carbonyl (C=O) groups is 1. The first kappa shape index (κ1) is 12.4. The average Bonchev–Trinajstić information content (AvgIpc) is 2.34. The molecule has 18 heavy (non-hydrogen) atoms. The fraction of sp³-hybridized carbons (Fsp3) is 0.0769. The lowest BCUT2D eigenvalue weighted by Gasteiger charge is -2.06. The Balaban J connectivity index is 2.32. The highest BCUT2D eigenvalue weighted by atomic mass is 32.2. The van der Waals surface area contributed by atoms with Crippen LogP contribution in [-0.2, 0) is 0 Å². The molecule has 0 aliphatic heterocycles. The number of carboxylic acid groups (broad SMARTS) is 1. The van der Waals surface area contributed by atoms with E-state index in [4.69, 9.17) is 10.8 Å². The second-order valence-electron chi connectivity index (χ2n) is 3.80. The zero-order chi connectivity index (χ0) is 13.1. The molecule has 0 saturated carbocycles. The number of hydrogen-bond donors (Lipinski definition) is 2. The van der Waals surface area contributed by atoms with E-state index in [0.717, 1.165) is 4.90 Å². The average molecular weight is 260 g/mol. The molecule has 0 atom stereocenters. The zero-order valence-electron chi connectivity index (χ0n) is 9.75. The Hall–Kier alpha value is -2.01. The topological polar surface area (TPSA) is 76.2 Å². The molecule has 0 unspecified atom stereocenters. The number of aromatic carboxylic acids is 1. The van der Waals surface area contributed by atoms with Crippen LogP contribution in [0, 0.1) is 6.92 Å². The number of rotatable bonds is 3. The number of nitrogen functional groups attached to an aromatic ring is 1. The Labute approximate surface area is 109 Å². The minimum atomic E-state index is -1.04. The van der Waals surface area contributed by atoms with Gasteiger partial charge in [-0.2, -0.15) is 0 Å². The molecule has 3 N–H and O–H groups in total. The third-order valence-electron chi connectivity index (χ3n) is 2.42. The predicted molar refractivity (Wildman–Crippen MR) is 70.9 cm³/mol. The number of pyridine rings is 1. The molecule has 0 aliphatic carbocycles. The molecular formula is C13H12N2O2S. The molecule has 1 aromatic carbocycles. The normalized spacial score (nSPS) is 10.3. The van der Waals surface area contributed by atoms with Crippen molar-refractivity contribution in [2.24, 2.45) is 0 Å². The van der Waals surface area contributed by atoms with Gasteiger partial charge in [0.15, 0.2) is 0 Å². The van der Waals surface area contributed by atoms with E-state index in [9.17, 15) is 4.79 Å². The van der Waals surface area contributed by atoms with Crippen molar-refractivity contribution in [3.8, 4) is 0 Å². The summed E-state index contributed by atoms with van der Waals surface area (Å²) in [6.07, 6.45) is 1.45. The van der Waals surface area contributed by atoms with Crippen molar-refractivity contribution in [1.82, 2.24) is 4.98 Å². The zero-order valence-corrected chi connectivity index (χ0v) is 10.6. The number of hydrogen-bond acceptors (Lipinski definition) is 4. The number of aromatic nitrogens is 1. The second-order valence-corrected chi connectivity index (χ2v) is 4.86. The summed E-state index contributed by atoms with van der Waals surface area (Å²) in [5.41, 5.74) is 7.25. The van der Waals surface area contributed by atoms with Gasteiger partial charge >= 0.3 is 5.97 Å². The van der Waals surface area contributed by atoms with Gasteiger partial charge in [0.2, 0.25) is 0 Å². The summed E-state index contributed by atoms with van der Waals surface area (Å²) in [5, 5.41) is 9.49. The summed E-state index contributed by atoms with van der Waals surface area (Å²) in [6.45, 7) is 2.01. The lowest BCUT2D eigenvalue weighted by atomic mass is 10.2. The van der Waals surface area contributed by atoms with Crippen molar-refractivity contribution in [2.75, 3.05) is 5.73 Å². The maximum Gasteiger partial charge on any atom is 0.337 e. The van der Waals surface area contributed by atoms with Crippen LogP contribution in [0.25, 0.3) is 0 Å². The van der Waals surface area contributed by atoms with Crippen LogP contribution in [0.5, 0.6) is 0 Å². The summed E-state index contributed by atoms with van der Waals surface area (Å²) >= 11 is 1.36. The van der Waals surface area contributed by atoms with E-state index in [1.165, 1.54) is 29.6 Å². The van der Waals surface area contributed by atoms with Crippen molar-refractivity contribution in [2.45, 2.75) is 16.8 Å². The van der Waals surface area contributed by atoms with E-state index in [-0.39, 0.29) is 11.3 Å². The first-order valence-electron chi connectivity index (χ1n) is 5.30. The van der Waals surface area contributed by atoms with Crippen molar-refractivity contribution in [3.63, 3.8) is 0 Å². The first-order valence-corrected chi connectivity index (χ1v) is 6.12. The van der Waals surface area contributed by atoms with Crippen molar-refractivity contribution >= 4 is 23.4 Å². The summed E-state index contributed by atoms with van der Waals surface area (Å²) in [5.74, 6) is -1.04. The minimum Gasteiger partial charge on any atom is -0.478 e. The van der Waals surface area contributed by atoms with E-state index >= 15 is 0 Å². The Morgan fingerprint density at radius 2 is 1.94 bits per heavy atom. The monoisotopic (exact) mass is 260 g/mol. The summed E-state index contributed by atoms with van der Waals surface area (Å²) in [6, 6.07) is 9.28. The van der Waals surface area contributed by atoms with Crippen LogP contribution < -0.4 is 5.73 Å². The molecule has 4 nitrogen and oxygen atoms in total. The first-order chi connectivity index (χ1) is 8.58. The van der Waals surface area contributed by atoms with Crippen LogP contribution in [0.2, 0.25) is 0 Å². The van der Waals surface area contributed by atoms with Crippen molar-refractivity contribution in [3.05, 3.63) is 47.7 Å². The predicted octanol–water partition coefficient (Wildman–Crippen LogP) is 2.82. The third kappa shape index (κ3) is 2.62. The van der Waals surface area contributed by atoms with Gasteiger partial charge in [0.25, 0.3) is 0 Å². The molecule has 0 spiro atoms. The molecule has 2 rings (SSSR count). The van der Waals surface area contributed by atoms with E-state index in [2.05, 4.69) is 4.98 Å². The molecule has 2 aromatic rings. The maximum absolute atomic E-state index is 11.0. The van der Waals surface area contributed by atoms with Gasteiger partial charge in [-0.25, -0.2) is 9.78 Å². The quantitative estimate of drug-likeness (QED) is 0.887. The Morgan fingerprint density at radius 1 is 1.28 bits per heavy atom. The molecule has 5 heteroatoms. The standard InChI is InChI=1S/C13H12N2O2S/c1-8-2-4-9(5-3-8)18-12-11(14)10(13(16)17)6-7-15-12/h2-7H,14H2,1H3,(H,16,17). The molecule has 92 valence electrons. The Morgan fingerprint density at radius 3 is 2.56 bits per heavy atom. The molecule has 1 heterocycles. The number of benzene rings is 1. The van der Waals surface area contributed by atoms with Gasteiger partial charge in [-0.05, 0) is 25.1 Å². The fourth-order valence-electron chi connectivity index (χ4n) is 1.44. The molecule has 0 aliphatic rings. The third-order valence-corrected chi connectivity index (χ3v) is 3.45. The molecule has 0 radical (unpaired) electrons. The highest BCUT2D eigenvalue weighted by Gasteiger charge is 2.12. The number of carboxylic acids is 1. The van der Waals surface area contributed by atoms with Crippen LogP contribution in [0.4, 0.5) is 5.69 Å². The lowest BCUT2D eigenvalue weighted by molar-refractivity contribution is 0.0697. The van der Waals surface area contributed by atoms with E-state index in [1.807, 2.05) is 31.2 Å². The number of aryl methyl sites for hydroxylation is 1. The van der Waals surface area contributed by atoms with Crippen LogP contribution in [0.3, 0.4) is 0 Å². The fourth-order valence-corrected chi connectivity index (χ4v) is 2.27.